The third-order valence-electron chi connectivity index (χ3n) is 3.26. The second-order valence-electron chi connectivity index (χ2n) is 4.24. The lowest BCUT2D eigenvalue weighted by Gasteiger charge is -2.24. The maximum Gasteiger partial charge on any atom is 0.151 e. The summed E-state index contributed by atoms with van der Waals surface area (Å²) in [6.45, 7) is 2.05. The van der Waals surface area contributed by atoms with Gasteiger partial charge in [-0.1, -0.05) is 6.07 Å². The van der Waals surface area contributed by atoms with Gasteiger partial charge in [-0.2, -0.15) is 0 Å². The highest BCUT2D eigenvalue weighted by atomic mass is 35.5. The van der Waals surface area contributed by atoms with Crippen molar-refractivity contribution >= 4 is 23.4 Å². The Kier molecular flexibility index (Phi) is 3.64. The second kappa shape index (κ2) is 5.02. The zero-order valence-electron chi connectivity index (χ0n) is 9.40. The normalized spacial score (nSPS) is 17.0. The van der Waals surface area contributed by atoms with Crippen LogP contribution in [0.5, 0.6) is 0 Å². The molecule has 1 aromatic carbocycles. The number of imidazole rings is 1. The number of nitrogens with one attached hydrogen (secondary N) is 1. The van der Waals surface area contributed by atoms with Crippen molar-refractivity contribution < 1.29 is 4.39 Å². The smallest absolute Gasteiger partial charge is 0.151 e. The van der Waals surface area contributed by atoms with Crippen molar-refractivity contribution in [1.82, 2.24) is 14.9 Å². The maximum absolute atomic E-state index is 13.5. The first-order valence-electron chi connectivity index (χ1n) is 5.68. The predicted molar refractivity (Wildman–Crippen MR) is 68.1 cm³/mol. The Balaban J connectivity index is 0.00000108. The van der Waals surface area contributed by atoms with E-state index in [4.69, 9.17) is 0 Å². The summed E-state index contributed by atoms with van der Waals surface area (Å²) >= 11 is 0. The Morgan fingerprint density at radius 2 is 2.06 bits per heavy atom. The highest BCUT2D eigenvalue weighted by Gasteiger charge is 2.17. The van der Waals surface area contributed by atoms with E-state index in [9.17, 15) is 4.39 Å². The topological polar surface area (TPSA) is 29.9 Å². The molecular weight excluding hydrogens is 241 g/mol. The zero-order valence-corrected chi connectivity index (χ0v) is 10.2. The monoisotopic (exact) mass is 255 g/mol. The van der Waals surface area contributed by atoms with Gasteiger partial charge in [0.1, 0.15) is 5.52 Å². The van der Waals surface area contributed by atoms with E-state index >= 15 is 0 Å². The average Bonchev–Trinajstić information content (AvgIpc) is 2.75. The van der Waals surface area contributed by atoms with Crippen LogP contribution in [-0.4, -0.2) is 22.6 Å². The van der Waals surface area contributed by atoms with Gasteiger partial charge in [-0.15, -0.1) is 12.4 Å². The molecule has 0 radical (unpaired) electrons. The van der Waals surface area contributed by atoms with Gasteiger partial charge in [0.2, 0.25) is 0 Å². The molecule has 2 heterocycles. The van der Waals surface area contributed by atoms with Gasteiger partial charge in [0.25, 0.3) is 0 Å². The summed E-state index contributed by atoms with van der Waals surface area (Å²) in [4.78, 5) is 4.16. The Hall–Kier alpha value is -1.13. The largest absolute Gasteiger partial charge is 0.327 e. The molecule has 0 saturated carbocycles. The fourth-order valence-electron chi connectivity index (χ4n) is 2.40. The molecule has 5 heteroatoms. The standard InChI is InChI=1S/C12H14FN3.ClH/c13-10-2-1-3-11-12(10)15-8-16(11)9-4-6-14-7-5-9;/h1-3,8-9,14H,4-7H2;1H. The minimum absolute atomic E-state index is 0. The molecule has 2 aromatic rings. The number of hydrogen-bond donors (Lipinski definition) is 1. The summed E-state index contributed by atoms with van der Waals surface area (Å²) in [5.41, 5.74) is 1.40. The summed E-state index contributed by atoms with van der Waals surface area (Å²) in [5.74, 6) is -0.231. The van der Waals surface area contributed by atoms with Gasteiger partial charge in [-0.05, 0) is 38.1 Å². The van der Waals surface area contributed by atoms with Gasteiger partial charge in [0.05, 0.1) is 11.8 Å². The number of benzene rings is 1. The van der Waals surface area contributed by atoms with Crippen LogP contribution in [0.25, 0.3) is 11.0 Å². The summed E-state index contributed by atoms with van der Waals surface area (Å²) < 4.78 is 15.6. The lowest BCUT2D eigenvalue weighted by molar-refractivity contribution is 0.374. The molecule has 17 heavy (non-hydrogen) atoms. The van der Waals surface area contributed by atoms with E-state index in [1.54, 1.807) is 12.4 Å². The molecule has 1 fully saturated rings. The Morgan fingerprint density at radius 3 is 2.82 bits per heavy atom. The first-order chi connectivity index (χ1) is 7.86. The minimum atomic E-state index is -0.231. The van der Waals surface area contributed by atoms with Gasteiger partial charge in [-0.3, -0.25) is 0 Å². The van der Waals surface area contributed by atoms with Crippen molar-refractivity contribution in [2.24, 2.45) is 0 Å². The minimum Gasteiger partial charge on any atom is -0.327 e. The number of rotatable bonds is 1. The van der Waals surface area contributed by atoms with Crippen LogP contribution < -0.4 is 5.32 Å². The number of piperidine rings is 1. The number of hydrogen-bond acceptors (Lipinski definition) is 2. The number of halogens is 2. The van der Waals surface area contributed by atoms with Crippen molar-refractivity contribution in [3.05, 3.63) is 30.3 Å². The summed E-state index contributed by atoms with van der Waals surface area (Å²) in [6.07, 6.45) is 3.94. The van der Waals surface area contributed by atoms with Crippen LogP contribution in [0.3, 0.4) is 0 Å². The van der Waals surface area contributed by atoms with Gasteiger partial charge in [-0.25, -0.2) is 9.37 Å². The quantitative estimate of drug-likeness (QED) is 0.849. The van der Waals surface area contributed by atoms with Gasteiger partial charge >= 0.3 is 0 Å². The fourth-order valence-corrected chi connectivity index (χ4v) is 2.40. The molecule has 0 atom stereocenters. The van der Waals surface area contributed by atoms with E-state index in [2.05, 4.69) is 14.9 Å². The van der Waals surface area contributed by atoms with Crippen LogP contribution in [0.2, 0.25) is 0 Å². The van der Waals surface area contributed by atoms with E-state index in [-0.39, 0.29) is 18.2 Å². The molecule has 1 aliphatic heterocycles. The van der Waals surface area contributed by atoms with E-state index in [1.165, 1.54) is 6.07 Å². The Morgan fingerprint density at radius 1 is 1.29 bits per heavy atom. The van der Waals surface area contributed by atoms with Crippen LogP contribution in [0.1, 0.15) is 18.9 Å². The SMILES string of the molecule is Cl.Fc1cccc2c1ncn2C1CCNCC1. The van der Waals surface area contributed by atoms with E-state index in [0.29, 0.717) is 11.6 Å². The molecule has 0 bridgehead atoms. The van der Waals surface area contributed by atoms with Crippen molar-refractivity contribution in [2.45, 2.75) is 18.9 Å². The summed E-state index contributed by atoms with van der Waals surface area (Å²) in [6, 6.07) is 5.60. The van der Waals surface area contributed by atoms with Crippen molar-refractivity contribution in [3.63, 3.8) is 0 Å². The maximum atomic E-state index is 13.5. The fraction of sp³-hybridized carbons (Fsp3) is 0.417. The third kappa shape index (κ3) is 2.15. The van der Waals surface area contributed by atoms with Crippen molar-refractivity contribution in [1.29, 1.82) is 0 Å². The van der Waals surface area contributed by atoms with Crippen molar-refractivity contribution in [3.8, 4) is 0 Å². The van der Waals surface area contributed by atoms with Crippen LogP contribution in [0.4, 0.5) is 4.39 Å². The summed E-state index contributed by atoms with van der Waals surface area (Å²) in [7, 11) is 0. The molecule has 0 spiro atoms. The highest BCUT2D eigenvalue weighted by molar-refractivity contribution is 5.85. The van der Waals surface area contributed by atoms with Crippen LogP contribution in [-0.2, 0) is 0 Å². The number of nitrogens with zero attached hydrogens (tertiary/aromatic N) is 2. The molecule has 1 aromatic heterocycles. The third-order valence-corrected chi connectivity index (χ3v) is 3.26. The molecule has 3 nitrogen and oxygen atoms in total. The van der Waals surface area contributed by atoms with Gasteiger partial charge in [0, 0.05) is 6.04 Å². The lowest BCUT2D eigenvalue weighted by atomic mass is 10.1. The van der Waals surface area contributed by atoms with Crippen molar-refractivity contribution in [2.75, 3.05) is 13.1 Å². The zero-order chi connectivity index (χ0) is 11.0. The molecular formula is C12H15ClFN3. The average molecular weight is 256 g/mol. The number of fused-ring (bicyclic) bond motifs is 1. The van der Waals surface area contributed by atoms with Gasteiger partial charge in [0.15, 0.2) is 5.82 Å². The molecule has 3 rings (SSSR count). The first kappa shape index (κ1) is 12.3. The van der Waals surface area contributed by atoms with Crippen LogP contribution in [0.15, 0.2) is 24.5 Å². The summed E-state index contributed by atoms with van der Waals surface area (Å²) in [5, 5.41) is 3.33. The Bertz CT molecular complexity index is 505. The molecule has 1 saturated heterocycles. The predicted octanol–water partition coefficient (Wildman–Crippen LogP) is 2.52. The first-order valence-corrected chi connectivity index (χ1v) is 5.68. The molecule has 92 valence electrons. The number of para-hydroxylation sites is 1. The molecule has 0 amide bonds. The second-order valence-corrected chi connectivity index (χ2v) is 4.24. The van der Waals surface area contributed by atoms with Gasteiger partial charge < -0.3 is 9.88 Å². The van der Waals surface area contributed by atoms with Crippen LogP contribution >= 0.6 is 12.4 Å². The Labute approximate surface area is 105 Å². The van der Waals surface area contributed by atoms with E-state index < -0.39 is 0 Å². The number of aromatic nitrogens is 2. The molecule has 1 aliphatic rings. The van der Waals surface area contributed by atoms with E-state index in [0.717, 1.165) is 31.4 Å². The lowest BCUT2D eigenvalue weighted by Crippen LogP contribution is -2.29. The highest BCUT2D eigenvalue weighted by Crippen LogP contribution is 2.24. The van der Waals surface area contributed by atoms with E-state index in [1.807, 2.05) is 6.07 Å². The molecule has 1 N–H and O–H groups in total. The van der Waals surface area contributed by atoms with Crippen LogP contribution in [0, 0.1) is 5.82 Å². The molecule has 0 aliphatic carbocycles. The molecule has 0 unspecified atom stereocenters.